The second-order valence-electron chi connectivity index (χ2n) is 6.14. The van der Waals surface area contributed by atoms with Gasteiger partial charge in [-0.1, -0.05) is 25.4 Å². The molecular formula is C16H22ClNO2. The molecule has 0 spiro atoms. The van der Waals surface area contributed by atoms with E-state index < -0.39 is 0 Å². The minimum Gasteiger partial charge on any atom is -0.484 e. The number of hydrogen-bond acceptors (Lipinski definition) is 2. The van der Waals surface area contributed by atoms with Gasteiger partial charge in [0.1, 0.15) is 5.75 Å². The average Bonchev–Trinajstić information content (AvgIpc) is 2.59. The molecule has 1 saturated heterocycles. The molecule has 0 saturated carbocycles. The predicted molar refractivity (Wildman–Crippen MR) is 81.2 cm³/mol. The van der Waals surface area contributed by atoms with Gasteiger partial charge in [0.2, 0.25) is 0 Å². The van der Waals surface area contributed by atoms with Crippen LogP contribution >= 0.6 is 11.6 Å². The quantitative estimate of drug-likeness (QED) is 0.850. The van der Waals surface area contributed by atoms with Crippen LogP contribution in [0.15, 0.2) is 24.3 Å². The minimum absolute atomic E-state index is 0.0673. The highest BCUT2D eigenvalue weighted by atomic mass is 35.5. The van der Waals surface area contributed by atoms with E-state index in [1.54, 1.807) is 24.3 Å². The molecule has 1 amide bonds. The summed E-state index contributed by atoms with van der Waals surface area (Å²) in [4.78, 5) is 14.1. The van der Waals surface area contributed by atoms with E-state index in [1.807, 2.05) is 4.90 Å². The fourth-order valence-corrected chi connectivity index (χ4v) is 2.57. The van der Waals surface area contributed by atoms with Crippen LogP contribution in [0.4, 0.5) is 0 Å². The molecule has 1 aliphatic heterocycles. The molecule has 4 heteroatoms. The third kappa shape index (κ3) is 4.41. The molecular weight excluding hydrogens is 274 g/mol. The van der Waals surface area contributed by atoms with Gasteiger partial charge in [0, 0.05) is 18.1 Å². The summed E-state index contributed by atoms with van der Waals surface area (Å²) in [6.45, 7) is 6.31. The van der Waals surface area contributed by atoms with E-state index in [9.17, 15) is 4.79 Å². The number of carbonyl (C=O) groups is 1. The fourth-order valence-electron chi connectivity index (χ4n) is 2.44. The Balaban J connectivity index is 1.84. The number of carbonyl (C=O) groups excluding carboxylic acids is 1. The van der Waals surface area contributed by atoms with Crippen LogP contribution in [0, 0.1) is 5.41 Å². The Bertz CT molecular complexity index is 456. The zero-order valence-electron chi connectivity index (χ0n) is 12.2. The van der Waals surface area contributed by atoms with Gasteiger partial charge in [-0.25, -0.2) is 0 Å². The Morgan fingerprint density at radius 1 is 1.25 bits per heavy atom. The Hall–Kier alpha value is -1.22. The molecule has 0 N–H and O–H groups in total. The van der Waals surface area contributed by atoms with Crippen molar-refractivity contribution >= 4 is 17.5 Å². The first-order valence-corrected chi connectivity index (χ1v) is 7.50. The van der Waals surface area contributed by atoms with Gasteiger partial charge in [-0.2, -0.15) is 0 Å². The summed E-state index contributed by atoms with van der Waals surface area (Å²) in [5, 5.41) is 0.665. The van der Waals surface area contributed by atoms with Crippen molar-refractivity contribution in [2.24, 2.45) is 5.41 Å². The third-order valence-corrected chi connectivity index (χ3v) is 4.12. The van der Waals surface area contributed by atoms with Gasteiger partial charge in [0.15, 0.2) is 6.61 Å². The Morgan fingerprint density at radius 2 is 1.95 bits per heavy atom. The Labute approximate surface area is 125 Å². The van der Waals surface area contributed by atoms with E-state index in [0.717, 1.165) is 25.9 Å². The van der Waals surface area contributed by atoms with E-state index in [4.69, 9.17) is 16.3 Å². The summed E-state index contributed by atoms with van der Waals surface area (Å²) in [6.07, 6.45) is 3.30. The fraction of sp³-hybridized carbons (Fsp3) is 0.562. The molecule has 110 valence electrons. The lowest BCUT2D eigenvalue weighted by Crippen LogP contribution is -2.36. The van der Waals surface area contributed by atoms with Crippen molar-refractivity contribution in [3.05, 3.63) is 29.3 Å². The van der Waals surface area contributed by atoms with Crippen molar-refractivity contribution in [3.63, 3.8) is 0 Å². The molecule has 1 aromatic carbocycles. The molecule has 1 heterocycles. The molecule has 0 aromatic heterocycles. The molecule has 20 heavy (non-hydrogen) atoms. The van der Waals surface area contributed by atoms with Gasteiger partial charge >= 0.3 is 0 Å². The minimum atomic E-state index is 0.0673. The van der Waals surface area contributed by atoms with Gasteiger partial charge in [-0.3, -0.25) is 4.79 Å². The summed E-state index contributed by atoms with van der Waals surface area (Å²) >= 11 is 5.81. The molecule has 2 rings (SSSR count). The van der Waals surface area contributed by atoms with Crippen molar-refractivity contribution in [2.45, 2.75) is 33.1 Å². The molecule has 0 atom stereocenters. The topological polar surface area (TPSA) is 29.5 Å². The van der Waals surface area contributed by atoms with Gasteiger partial charge in [0.25, 0.3) is 5.91 Å². The van der Waals surface area contributed by atoms with Gasteiger partial charge in [-0.15, -0.1) is 0 Å². The second-order valence-corrected chi connectivity index (χ2v) is 6.58. The van der Waals surface area contributed by atoms with Crippen LogP contribution in [-0.2, 0) is 4.79 Å². The zero-order valence-corrected chi connectivity index (χ0v) is 12.9. The van der Waals surface area contributed by atoms with Gasteiger partial charge in [0.05, 0.1) is 0 Å². The Morgan fingerprint density at radius 3 is 2.65 bits per heavy atom. The smallest absolute Gasteiger partial charge is 0.260 e. The average molecular weight is 296 g/mol. The van der Waals surface area contributed by atoms with Crippen LogP contribution < -0.4 is 4.74 Å². The number of amides is 1. The van der Waals surface area contributed by atoms with E-state index in [2.05, 4.69) is 13.8 Å². The highest BCUT2D eigenvalue weighted by Crippen LogP contribution is 2.29. The normalized spacial score (nSPS) is 18.4. The van der Waals surface area contributed by atoms with Crippen LogP contribution in [-0.4, -0.2) is 30.5 Å². The number of likely N-dealkylation sites (tertiary alicyclic amines) is 1. The van der Waals surface area contributed by atoms with Crippen molar-refractivity contribution in [1.29, 1.82) is 0 Å². The van der Waals surface area contributed by atoms with E-state index in [0.29, 0.717) is 16.2 Å². The maximum absolute atomic E-state index is 12.2. The molecule has 0 unspecified atom stereocenters. The summed E-state index contributed by atoms with van der Waals surface area (Å²) in [6, 6.07) is 7.08. The molecule has 0 aliphatic carbocycles. The molecule has 0 radical (unpaired) electrons. The molecule has 3 nitrogen and oxygen atoms in total. The molecule has 1 aromatic rings. The van der Waals surface area contributed by atoms with Gasteiger partial charge in [-0.05, 0) is 48.9 Å². The highest BCUT2D eigenvalue weighted by Gasteiger charge is 2.25. The molecule has 1 fully saturated rings. The number of nitrogens with zero attached hydrogens (tertiary/aromatic N) is 1. The lowest BCUT2D eigenvalue weighted by Gasteiger charge is -2.23. The standard InChI is InChI=1S/C16H22ClNO2/c1-16(2)8-3-10-18(11-9-16)15(19)12-20-14-6-4-13(17)5-7-14/h4-7H,3,8-12H2,1-2H3. The van der Waals surface area contributed by atoms with Gasteiger partial charge < -0.3 is 9.64 Å². The largest absolute Gasteiger partial charge is 0.484 e. The summed E-state index contributed by atoms with van der Waals surface area (Å²) in [5.41, 5.74) is 0.339. The second kappa shape index (κ2) is 6.49. The lowest BCUT2D eigenvalue weighted by molar-refractivity contribution is -0.133. The maximum Gasteiger partial charge on any atom is 0.260 e. The van der Waals surface area contributed by atoms with Crippen LogP contribution in [0.2, 0.25) is 5.02 Å². The van der Waals surface area contributed by atoms with E-state index in [-0.39, 0.29) is 12.5 Å². The van der Waals surface area contributed by atoms with Crippen molar-refractivity contribution in [3.8, 4) is 5.75 Å². The van der Waals surface area contributed by atoms with Crippen LogP contribution in [0.5, 0.6) is 5.75 Å². The van der Waals surface area contributed by atoms with E-state index >= 15 is 0 Å². The van der Waals surface area contributed by atoms with Crippen LogP contribution in [0.25, 0.3) is 0 Å². The number of ether oxygens (including phenoxy) is 1. The first-order chi connectivity index (χ1) is 9.46. The Kier molecular flexibility index (Phi) is 4.92. The monoisotopic (exact) mass is 295 g/mol. The van der Waals surface area contributed by atoms with Crippen LogP contribution in [0.3, 0.4) is 0 Å². The maximum atomic E-state index is 12.2. The van der Waals surface area contributed by atoms with E-state index in [1.165, 1.54) is 6.42 Å². The van der Waals surface area contributed by atoms with Crippen molar-refractivity contribution in [2.75, 3.05) is 19.7 Å². The lowest BCUT2D eigenvalue weighted by atomic mass is 9.85. The van der Waals surface area contributed by atoms with Crippen LogP contribution in [0.1, 0.15) is 33.1 Å². The predicted octanol–water partition coefficient (Wildman–Crippen LogP) is 3.76. The SMILES string of the molecule is CC1(C)CCCN(C(=O)COc2ccc(Cl)cc2)CC1. The van der Waals surface area contributed by atoms with Crippen molar-refractivity contribution in [1.82, 2.24) is 4.90 Å². The number of benzene rings is 1. The highest BCUT2D eigenvalue weighted by molar-refractivity contribution is 6.30. The molecule has 1 aliphatic rings. The third-order valence-electron chi connectivity index (χ3n) is 3.87. The number of rotatable bonds is 3. The van der Waals surface area contributed by atoms with Crippen molar-refractivity contribution < 1.29 is 9.53 Å². The first-order valence-electron chi connectivity index (χ1n) is 7.12. The number of halogens is 1. The summed E-state index contributed by atoms with van der Waals surface area (Å²) in [7, 11) is 0. The summed E-state index contributed by atoms with van der Waals surface area (Å²) < 4.78 is 5.52. The first kappa shape index (κ1) is 15.2. The molecule has 0 bridgehead atoms. The summed E-state index contributed by atoms with van der Waals surface area (Å²) in [5.74, 6) is 0.746. The zero-order chi connectivity index (χ0) is 14.6. The number of hydrogen-bond donors (Lipinski definition) is 0.